The van der Waals surface area contributed by atoms with E-state index < -0.39 is 0 Å². The van der Waals surface area contributed by atoms with Crippen LogP contribution in [0.25, 0.3) is 11.1 Å². The molecule has 198 valence electrons. The number of carbonyl (C=O) groups is 1. The van der Waals surface area contributed by atoms with E-state index in [2.05, 4.69) is 34.2 Å². The van der Waals surface area contributed by atoms with E-state index in [1.807, 2.05) is 31.2 Å². The minimum Gasteiger partial charge on any atom is -0.466 e. The first kappa shape index (κ1) is 27.3. The van der Waals surface area contributed by atoms with Crippen molar-refractivity contribution in [3.05, 3.63) is 70.8 Å². The van der Waals surface area contributed by atoms with Gasteiger partial charge >= 0.3 is 5.97 Å². The summed E-state index contributed by atoms with van der Waals surface area (Å²) in [4.78, 5) is 15.3. The first-order valence-electron chi connectivity index (χ1n) is 13.0. The summed E-state index contributed by atoms with van der Waals surface area (Å²) in [7, 11) is 0. The Bertz CT molecular complexity index is 1160. The lowest BCUT2D eigenvalue weighted by Crippen LogP contribution is -2.55. The molecular weight excluding hydrogens is 491 g/mol. The number of ether oxygens (including phenoxy) is 1. The van der Waals surface area contributed by atoms with Gasteiger partial charge in [-0.25, -0.2) is 4.39 Å². The number of hydrogen-bond donors (Lipinski definition) is 1. The molecule has 0 bridgehead atoms. The third-order valence-corrected chi connectivity index (χ3v) is 7.25. The summed E-state index contributed by atoms with van der Waals surface area (Å²) in [5.41, 5.74) is 3.63. The SMILES string of the molecule is CCOC(=O)[C@@H](C[C@H](CCc1cn[nH]n1)Cc1ccc(-c2cc(Cl)ccc2F)cc1)CN1CC(C)(C)C1. The number of esters is 1. The summed E-state index contributed by atoms with van der Waals surface area (Å²) in [5, 5.41) is 11.3. The maximum Gasteiger partial charge on any atom is 0.310 e. The Balaban J connectivity index is 1.49. The highest BCUT2D eigenvalue weighted by Crippen LogP contribution is 2.32. The normalized spacial score (nSPS) is 16.7. The monoisotopic (exact) mass is 526 g/mol. The Hall–Kier alpha value is -2.77. The zero-order valence-corrected chi connectivity index (χ0v) is 22.6. The standard InChI is InChI=1S/C29H36ClFN4O2/c1-4-37-28(36)23(17-35-18-29(2,3)19-35)14-21(7-11-25-16-32-34-33-25)13-20-5-8-22(9-6-20)26-15-24(30)10-12-27(26)31/h5-6,8-10,12,15-16,21,23H,4,7,11,13-14,17-19H2,1-3H3,(H,32,33,34)/t21-,23+/m1/s1. The number of likely N-dealkylation sites (tertiary alicyclic amines) is 1. The summed E-state index contributed by atoms with van der Waals surface area (Å²) in [5.74, 6) is -0.355. The average molecular weight is 527 g/mol. The molecule has 0 amide bonds. The predicted octanol–water partition coefficient (Wildman–Crippen LogP) is 5.97. The second-order valence-electron chi connectivity index (χ2n) is 10.9. The van der Waals surface area contributed by atoms with Gasteiger partial charge in [-0.1, -0.05) is 49.7 Å². The molecule has 0 saturated carbocycles. The molecule has 37 heavy (non-hydrogen) atoms. The summed E-state index contributed by atoms with van der Waals surface area (Å²) >= 11 is 6.09. The van der Waals surface area contributed by atoms with Gasteiger partial charge in [0.15, 0.2) is 0 Å². The van der Waals surface area contributed by atoms with Crippen molar-refractivity contribution in [1.82, 2.24) is 20.3 Å². The van der Waals surface area contributed by atoms with Gasteiger partial charge in [0.05, 0.1) is 24.4 Å². The lowest BCUT2D eigenvalue weighted by atomic mass is 9.81. The molecular formula is C29H36ClFN4O2. The third kappa shape index (κ3) is 7.62. The van der Waals surface area contributed by atoms with Crippen molar-refractivity contribution in [2.24, 2.45) is 17.3 Å². The van der Waals surface area contributed by atoms with E-state index in [0.717, 1.165) is 62.1 Å². The van der Waals surface area contributed by atoms with E-state index >= 15 is 0 Å². The highest BCUT2D eigenvalue weighted by Gasteiger charge is 2.37. The molecule has 1 aliphatic rings. The van der Waals surface area contributed by atoms with Crippen molar-refractivity contribution in [2.75, 3.05) is 26.2 Å². The zero-order valence-electron chi connectivity index (χ0n) is 21.8. The van der Waals surface area contributed by atoms with Crippen LogP contribution in [0, 0.1) is 23.1 Å². The summed E-state index contributed by atoms with van der Waals surface area (Å²) in [6, 6.07) is 12.5. The molecule has 0 radical (unpaired) electrons. The number of halogens is 2. The fourth-order valence-electron chi connectivity index (χ4n) is 5.39. The first-order valence-corrected chi connectivity index (χ1v) is 13.4. The van der Waals surface area contributed by atoms with E-state index in [0.29, 0.717) is 22.6 Å². The molecule has 6 nitrogen and oxygen atoms in total. The molecule has 0 spiro atoms. The number of aromatic amines is 1. The van der Waals surface area contributed by atoms with Crippen LogP contribution in [0.4, 0.5) is 4.39 Å². The molecule has 0 aliphatic carbocycles. The largest absolute Gasteiger partial charge is 0.466 e. The van der Waals surface area contributed by atoms with Crippen LogP contribution >= 0.6 is 11.6 Å². The van der Waals surface area contributed by atoms with Crippen LogP contribution in [0.5, 0.6) is 0 Å². The van der Waals surface area contributed by atoms with Crippen molar-refractivity contribution in [3.63, 3.8) is 0 Å². The Labute approximate surface area is 223 Å². The minimum absolute atomic E-state index is 0.120. The third-order valence-electron chi connectivity index (χ3n) is 7.01. The first-order chi connectivity index (χ1) is 17.7. The fourth-order valence-corrected chi connectivity index (χ4v) is 5.56. The van der Waals surface area contributed by atoms with Crippen LogP contribution in [-0.4, -0.2) is 52.5 Å². The highest BCUT2D eigenvalue weighted by molar-refractivity contribution is 6.30. The van der Waals surface area contributed by atoms with E-state index in [4.69, 9.17) is 16.3 Å². The van der Waals surface area contributed by atoms with E-state index in [1.165, 1.54) is 6.07 Å². The van der Waals surface area contributed by atoms with E-state index in [1.54, 1.807) is 18.3 Å². The van der Waals surface area contributed by atoms with Gasteiger partial charge in [-0.3, -0.25) is 4.79 Å². The van der Waals surface area contributed by atoms with Crippen LogP contribution < -0.4 is 0 Å². The summed E-state index contributed by atoms with van der Waals surface area (Å²) in [6.45, 7) is 9.45. The van der Waals surface area contributed by atoms with Crippen molar-refractivity contribution < 1.29 is 13.9 Å². The van der Waals surface area contributed by atoms with Crippen molar-refractivity contribution in [1.29, 1.82) is 0 Å². The van der Waals surface area contributed by atoms with Crippen molar-refractivity contribution >= 4 is 17.6 Å². The van der Waals surface area contributed by atoms with Gasteiger partial charge in [-0.2, -0.15) is 15.4 Å². The highest BCUT2D eigenvalue weighted by atomic mass is 35.5. The Morgan fingerprint density at radius 1 is 1.22 bits per heavy atom. The average Bonchev–Trinajstić information content (AvgIpc) is 3.37. The molecule has 1 N–H and O–H groups in total. The molecule has 3 aromatic rings. The number of aromatic nitrogens is 3. The van der Waals surface area contributed by atoms with Crippen LogP contribution in [-0.2, 0) is 22.4 Å². The quantitative estimate of drug-likeness (QED) is 0.294. The van der Waals surface area contributed by atoms with Crippen LogP contribution in [0.3, 0.4) is 0 Å². The summed E-state index contributed by atoms with van der Waals surface area (Å²) < 4.78 is 19.8. The van der Waals surface area contributed by atoms with Crippen molar-refractivity contribution in [3.8, 4) is 11.1 Å². The number of carbonyl (C=O) groups excluding carboxylic acids is 1. The second-order valence-corrected chi connectivity index (χ2v) is 11.3. The van der Waals surface area contributed by atoms with Crippen LogP contribution in [0.2, 0.25) is 5.02 Å². The molecule has 1 saturated heterocycles. The molecule has 2 aromatic carbocycles. The fraction of sp³-hybridized carbons (Fsp3) is 0.483. The number of benzene rings is 2. The van der Waals surface area contributed by atoms with Gasteiger partial charge in [0.2, 0.25) is 0 Å². The number of hydrogen-bond acceptors (Lipinski definition) is 5. The Morgan fingerprint density at radius 2 is 1.97 bits per heavy atom. The molecule has 1 fully saturated rings. The maximum absolute atomic E-state index is 14.3. The van der Waals surface area contributed by atoms with Crippen LogP contribution in [0.1, 0.15) is 44.9 Å². The van der Waals surface area contributed by atoms with E-state index in [-0.39, 0.29) is 23.6 Å². The van der Waals surface area contributed by atoms with Gasteiger partial charge in [-0.05, 0) is 73.3 Å². The van der Waals surface area contributed by atoms with Gasteiger partial charge in [0.25, 0.3) is 0 Å². The number of rotatable bonds is 12. The molecule has 4 rings (SSSR count). The number of nitrogens with zero attached hydrogens (tertiary/aromatic N) is 3. The van der Waals surface area contributed by atoms with Gasteiger partial charge in [0, 0.05) is 30.2 Å². The molecule has 1 aliphatic heterocycles. The minimum atomic E-state index is -0.297. The number of nitrogens with one attached hydrogen (secondary N) is 1. The lowest BCUT2D eigenvalue weighted by molar-refractivity contribution is -0.150. The second kappa shape index (κ2) is 12.2. The van der Waals surface area contributed by atoms with Gasteiger partial charge in [0.1, 0.15) is 5.82 Å². The maximum atomic E-state index is 14.3. The topological polar surface area (TPSA) is 71.1 Å². The Kier molecular flexibility index (Phi) is 8.98. The van der Waals surface area contributed by atoms with Crippen LogP contribution in [0.15, 0.2) is 48.7 Å². The molecule has 2 heterocycles. The van der Waals surface area contributed by atoms with Gasteiger partial charge < -0.3 is 9.64 Å². The van der Waals surface area contributed by atoms with E-state index in [9.17, 15) is 9.18 Å². The molecule has 2 atom stereocenters. The lowest BCUT2D eigenvalue weighted by Gasteiger charge is -2.47. The Morgan fingerprint density at radius 3 is 2.62 bits per heavy atom. The van der Waals surface area contributed by atoms with Gasteiger partial charge in [-0.15, -0.1) is 0 Å². The number of H-pyrrole nitrogens is 1. The summed E-state index contributed by atoms with van der Waals surface area (Å²) in [6.07, 6.45) is 4.93. The zero-order chi connectivity index (χ0) is 26.4. The smallest absolute Gasteiger partial charge is 0.310 e. The molecule has 1 aromatic heterocycles. The molecule has 8 heteroatoms. The van der Waals surface area contributed by atoms with Crippen molar-refractivity contribution in [2.45, 2.75) is 46.5 Å². The molecule has 0 unspecified atom stereocenters. The predicted molar refractivity (Wildman–Crippen MR) is 144 cm³/mol. The number of aryl methyl sites for hydroxylation is 1.